The summed E-state index contributed by atoms with van der Waals surface area (Å²) in [6.07, 6.45) is 3.51. The van der Waals surface area contributed by atoms with E-state index in [0.29, 0.717) is 58.3 Å². The molecule has 1 aromatic rings. The summed E-state index contributed by atoms with van der Waals surface area (Å²) in [5.41, 5.74) is 0. The molecule has 2 saturated heterocycles. The summed E-state index contributed by atoms with van der Waals surface area (Å²) < 4.78 is 53.3. The maximum absolute atomic E-state index is 14.6. The molecule has 160 valence electrons. The molecule has 1 aromatic carbocycles. The molecule has 1 aliphatic carbocycles. The van der Waals surface area contributed by atoms with Crippen LogP contribution >= 0.6 is 0 Å². The standard InChI is InChI=1S/C20H26FNO6S/c21-17-12-16(3-4-19(17)28-15-6-9-27-10-7-15)29(25,26)22-8-5-13-1-2-14(20(23)24)11-18(13)22/h3-4,12-15,18H,1-2,5-11H2,(H,23,24). The summed E-state index contributed by atoms with van der Waals surface area (Å²) in [5, 5.41) is 9.33. The first kappa shape index (κ1) is 20.6. The third-order valence-corrected chi connectivity index (χ3v) is 8.29. The summed E-state index contributed by atoms with van der Waals surface area (Å²) in [7, 11) is -3.91. The van der Waals surface area contributed by atoms with Gasteiger partial charge in [0, 0.05) is 25.4 Å². The molecule has 3 unspecified atom stereocenters. The van der Waals surface area contributed by atoms with E-state index in [2.05, 4.69) is 0 Å². The van der Waals surface area contributed by atoms with Gasteiger partial charge in [-0.15, -0.1) is 0 Å². The average molecular weight is 427 g/mol. The van der Waals surface area contributed by atoms with Gasteiger partial charge in [-0.1, -0.05) is 0 Å². The molecule has 1 N–H and O–H groups in total. The lowest BCUT2D eigenvalue weighted by atomic mass is 9.79. The van der Waals surface area contributed by atoms with Crippen molar-refractivity contribution in [3.63, 3.8) is 0 Å². The minimum absolute atomic E-state index is 0.0405. The molecule has 9 heteroatoms. The van der Waals surface area contributed by atoms with Crippen molar-refractivity contribution in [3.8, 4) is 5.75 Å². The van der Waals surface area contributed by atoms with Crippen molar-refractivity contribution in [1.29, 1.82) is 0 Å². The molecule has 1 saturated carbocycles. The Hall–Kier alpha value is -1.71. The number of aliphatic carboxylic acids is 1. The minimum Gasteiger partial charge on any atom is -0.487 e. The van der Waals surface area contributed by atoms with E-state index < -0.39 is 27.7 Å². The number of rotatable bonds is 5. The van der Waals surface area contributed by atoms with Gasteiger partial charge < -0.3 is 14.6 Å². The van der Waals surface area contributed by atoms with E-state index in [1.165, 1.54) is 16.4 Å². The highest BCUT2D eigenvalue weighted by Gasteiger charge is 2.46. The zero-order valence-electron chi connectivity index (χ0n) is 16.1. The van der Waals surface area contributed by atoms with Gasteiger partial charge in [-0.3, -0.25) is 4.79 Å². The predicted molar refractivity (Wildman–Crippen MR) is 102 cm³/mol. The number of ether oxygens (including phenoxy) is 2. The van der Waals surface area contributed by atoms with Crippen LogP contribution in [0.5, 0.6) is 5.75 Å². The van der Waals surface area contributed by atoms with Gasteiger partial charge in [0.2, 0.25) is 10.0 Å². The third kappa shape index (κ3) is 4.13. The highest BCUT2D eigenvalue weighted by atomic mass is 32.2. The fraction of sp³-hybridized carbons (Fsp3) is 0.650. The molecule has 3 atom stereocenters. The van der Waals surface area contributed by atoms with Crippen molar-refractivity contribution in [2.45, 2.75) is 55.6 Å². The zero-order valence-corrected chi connectivity index (χ0v) is 16.9. The van der Waals surface area contributed by atoms with Crippen LogP contribution in [0.15, 0.2) is 23.1 Å². The Bertz CT molecular complexity index is 870. The van der Waals surface area contributed by atoms with Gasteiger partial charge in [0.05, 0.1) is 24.0 Å². The van der Waals surface area contributed by atoms with E-state index >= 15 is 0 Å². The van der Waals surface area contributed by atoms with E-state index in [0.717, 1.165) is 6.07 Å². The number of sulfonamides is 1. The van der Waals surface area contributed by atoms with Gasteiger partial charge in [-0.2, -0.15) is 4.31 Å². The minimum atomic E-state index is -3.91. The van der Waals surface area contributed by atoms with Gasteiger partial charge in [-0.25, -0.2) is 12.8 Å². The number of carboxylic acid groups (broad SMARTS) is 1. The van der Waals surface area contributed by atoms with Crippen molar-refractivity contribution in [1.82, 2.24) is 4.31 Å². The second-order valence-corrected chi connectivity index (χ2v) is 9.99. The van der Waals surface area contributed by atoms with Crippen LogP contribution in [0.25, 0.3) is 0 Å². The normalized spacial score (nSPS) is 28.8. The number of carboxylic acids is 1. The van der Waals surface area contributed by atoms with Crippen LogP contribution < -0.4 is 4.74 Å². The van der Waals surface area contributed by atoms with Gasteiger partial charge in [-0.05, 0) is 49.8 Å². The largest absolute Gasteiger partial charge is 0.487 e. The van der Waals surface area contributed by atoms with Crippen molar-refractivity contribution in [2.75, 3.05) is 19.8 Å². The topological polar surface area (TPSA) is 93.1 Å². The number of carbonyl (C=O) groups is 1. The van der Waals surface area contributed by atoms with Crippen LogP contribution in [0.4, 0.5) is 4.39 Å². The fourth-order valence-electron chi connectivity index (χ4n) is 4.73. The SMILES string of the molecule is O=C(O)C1CCC2CCN(S(=O)(=O)c3ccc(OC4CCOCC4)c(F)c3)C2C1. The monoisotopic (exact) mass is 427 g/mol. The Kier molecular flexibility index (Phi) is 5.81. The molecule has 0 radical (unpaired) electrons. The van der Waals surface area contributed by atoms with E-state index in [1.54, 1.807) is 0 Å². The zero-order chi connectivity index (χ0) is 20.6. The van der Waals surface area contributed by atoms with Crippen molar-refractivity contribution < 1.29 is 32.2 Å². The summed E-state index contributed by atoms with van der Waals surface area (Å²) in [6.45, 7) is 1.47. The van der Waals surface area contributed by atoms with Crippen LogP contribution in [0.3, 0.4) is 0 Å². The molecule has 7 nitrogen and oxygen atoms in total. The van der Waals surface area contributed by atoms with E-state index in [9.17, 15) is 22.7 Å². The molecular formula is C20H26FNO6S. The fourth-order valence-corrected chi connectivity index (χ4v) is 6.45. The molecule has 4 rings (SSSR count). The van der Waals surface area contributed by atoms with Crippen LogP contribution in [0.1, 0.15) is 38.5 Å². The first-order valence-corrected chi connectivity index (χ1v) is 11.6. The molecule has 0 bridgehead atoms. The number of halogens is 1. The summed E-state index contributed by atoms with van der Waals surface area (Å²) in [5.74, 6) is -1.91. The van der Waals surface area contributed by atoms with Gasteiger partial charge in [0.15, 0.2) is 11.6 Å². The Morgan fingerprint density at radius 1 is 1.17 bits per heavy atom. The van der Waals surface area contributed by atoms with Crippen LogP contribution in [-0.2, 0) is 19.6 Å². The molecule has 3 fully saturated rings. The molecule has 0 aromatic heterocycles. The molecule has 3 aliphatic rings. The highest BCUT2D eigenvalue weighted by Crippen LogP contribution is 2.41. The molecule has 29 heavy (non-hydrogen) atoms. The molecular weight excluding hydrogens is 401 g/mol. The predicted octanol–water partition coefficient (Wildman–Crippen LogP) is 2.65. The Morgan fingerprint density at radius 3 is 2.62 bits per heavy atom. The highest BCUT2D eigenvalue weighted by molar-refractivity contribution is 7.89. The number of hydrogen-bond acceptors (Lipinski definition) is 5. The maximum atomic E-state index is 14.6. The quantitative estimate of drug-likeness (QED) is 0.777. The van der Waals surface area contributed by atoms with Crippen molar-refractivity contribution in [3.05, 3.63) is 24.0 Å². The lowest BCUT2D eigenvalue weighted by molar-refractivity contribution is -0.143. The van der Waals surface area contributed by atoms with Crippen LogP contribution in [0, 0.1) is 17.7 Å². The first-order valence-electron chi connectivity index (χ1n) is 10.1. The second kappa shape index (κ2) is 8.20. The van der Waals surface area contributed by atoms with E-state index in [4.69, 9.17) is 9.47 Å². The molecule has 2 heterocycles. The van der Waals surface area contributed by atoms with Crippen LogP contribution in [0.2, 0.25) is 0 Å². The number of fused-ring (bicyclic) bond motifs is 1. The van der Waals surface area contributed by atoms with Gasteiger partial charge in [0.1, 0.15) is 6.10 Å². The Morgan fingerprint density at radius 2 is 1.93 bits per heavy atom. The Balaban J connectivity index is 1.52. The van der Waals surface area contributed by atoms with Crippen LogP contribution in [-0.4, -0.2) is 55.7 Å². The summed E-state index contributed by atoms with van der Waals surface area (Å²) >= 11 is 0. The molecule has 0 amide bonds. The molecule has 2 aliphatic heterocycles. The lowest BCUT2D eigenvalue weighted by Gasteiger charge is -2.34. The lowest BCUT2D eigenvalue weighted by Crippen LogP contribution is -2.42. The Labute approximate surface area is 169 Å². The molecule has 0 spiro atoms. The maximum Gasteiger partial charge on any atom is 0.306 e. The summed E-state index contributed by atoms with van der Waals surface area (Å²) in [4.78, 5) is 11.3. The van der Waals surface area contributed by atoms with Crippen molar-refractivity contribution in [2.24, 2.45) is 11.8 Å². The van der Waals surface area contributed by atoms with E-state index in [1.807, 2.05) is 0 Å². The number of nitrogens with zero attached hydrogens (tertiary/aromatic N) is 1. The average Bonchev–Trinajstić information content (AvgIpc) is 3.14. The van der Waals surface area contributed by atoms with Gasteiger partial charge >= 0.3 is 5.97 Å². The first-order chi connectivity index (χ1) is 13.9. The summed E-state index contributed by atoms with van der Waals surface area (Å²) in [6, 6.07) is 3.41. The second-order valence-electron chi connectivity index (χ2n) is 8.10. The number of hydrogen-bond donors (Lipinski definition) is 1. The number of benzene rings is 1. The van der Waals surface area contributed by atoms with Crippen molar-refractivity contribution >= 4 is 16.0 Å². The van der Waals surface area contributed by atoms with Gasteiger partial charge in [0.25, 0.3) is 0 Å². The smallest absolute Gasteiger partial charge is 0.306 e. The third-order valence-electron chi connectivity index (χ3n) is 6.37. The van der Waals surface area contributed by atoms with E-state index in [-0.39, 0.29) is 28.7 Å².